The van der Waals surface area contributed by atoms with E-state index in [4.69, 9.17) is 9.15 Å². The first kappa shape index (κ1) is 17.8. The van der Waals surface area contributed by atoms with Crippen molar-refractivity contribution >= 4 is 26.8 Å². The van der Waals surface area contributed by atoms with Crippen LogP contribution in [0.2, 0.25) is 0 Å². The number of benzene rings is 1. The van der Waals surface area contributed by atoms with Crippen LogP contribution in [0.15, 0.2) is 28.7 Å². The van der Waals surface area contributed by atoms with E-state index in [1.54, 1.807) is 0 Å². The minimum atomic E-state index is -3.17. The van der Waals surface area contributed by atoms with Gasteiger partial charge < -0.3 is 19.8 Å². The molecule has 1 aromatic heterocycles. The number of rotatable bonds is 5. The molecule has 1 aliphatic heterocycles. The quantitative estimate of drug-likeness (QED) is 0.833. The lowest BCUT2D eigenvalue weighted by Crippen LogP contribution is -2.48. The van der Waals surface area contributed by atoms with Crippen molar-refractivity contribution in [3.63, 3.8) is 0 Å². The Labute approximate surface area is 146 Å². The van der Waals surface area contributed by atoms with Gasteiger partial charge >= 0.3 is 6.03 Å². The van der Waals surface area contributed by atoms with Crippen LogP contribution in [0, 0.1) is 6.92 Å². The molecule has 2 N–H and O–H groups in total. The van der Waals surface area contributed by atoms with Gasteiger partial charge in [-0.25, -0.2) is 13.2 Å². The molecule has 0 radical (unpaired) electrons. The van der Waals surface area contributed by atoms with Gasteiger partial charge in [-0.15, -0.1) is 0 Å². The molecule has 2 atom stereocenters. The van der Waals surface area contributed by atoms with Crippen LogP contribution in [0.1, 0.15) is 11.3 Å². The molecule has 0 spiro atoms. The summed E-state index contributed by atoms with van der Waals surface area (Å²) in [5.74, 6) is 0.684. The van der Waals surface area contributed by atoms with Crippen LogP contribution in [0.3, 0.4) is 0 Å². The number of nitrogens with one attached hydrogen (secondary N) is 2. The summed E-state index contributed by atoms with van der Waals surface area (Å²) in [6, 6.07) is 6.86. The van der Waals surface area contributed by atoms with Crippen molar-refractivity contribution in [2.75, 3.05) is 25.2 Å². The number of urea groups is 1. The van der Waals surface area contributed by atoms with E-state index in [0.717, 1.165) is 22.3 Å². The highest BCUT2D eigenvalue weighted by molar-refractivity contribution is 7.91. The highest BCUT2D eigenvalue weighted by Crippen LogP contribution is 2.25. The molecule has 2 unspecified atom stereocenters. The van der Waals surface area contributed by atoms with Crippen LogP contribution in [0.4, 0.5) is 4.79 Å². The summed E-state index contributed by atoms with van der Waals surface area (Å²) >= 11 is 0. The molecule has 2 aromatic rings. The molecule has 0 aliphatic carbocycles. The number of fused-ring (bicyclic) bond motifs is 1. The van der Waals surface area contributed by atoms with E-state index in [1.165, 1.54) is 7.11 Å². The SMILES string of the molecule is COC1CS(=O)(=O)CC1NC(=O)NCCc1c(C)oc2ccccc12. The number of carbonyl (C=O) groups is 1. The summed E-state index contributed by atoms with van der Waals surface area (Å²) in [6.07, 6.45) is 0.128. The lowest BCUT2D eigenvalue weighted by atomic mass is 10.1. The summed E-state index contributed by atoms with van der Waals surface area (Å²) in [4.78, 5) is 12.1. The van der Waals surface area contributed by atoms with Crippen LogP contribution in [0.25, 0.3) is 11.0 Å². The van der Waals surface area contributed by atoms with Crippen molar-refractivity contribution in [1.82, 2.24) is 10.6 Å². The van der Waals surface area contributed by atoms with E-state index in [9.17, 15) is 13.2 Å². The van der Waals surface area contributed by atoms with Gasteiger partial charge in [0, 0.05) is 24.6 Å². The topological polar surface area (TPSA) is 97.6 Å². The minimum absolute atomic E-state index is 0.0609. The molecule has 1 aromatic carbocycles. The third-order valence-corrected chi connectivity index (χ3v) is 6.18. The van der Waals surface area contributed by atoms with Crippen molar-refractivity contribution < 1.29 is 22.4 Å². The third-order valence-electron chi connectivity index (χ3n) is 4.48. The summed E-state index contributed by atoms with van der Waals surface area (Å²) in [7, 11) is -1.72. The highest BCUT2D eigenvalue weighted by atomic mass is 32.2. The molecule has 2 amide bonds. The number of carbonyl (C=O) groups excluding carboxylic acids is 1. The number of hydrogen-bond donors (Lipinski definition) is 2. The average molecular weight is 366 g/mol. The molecule has 1 saturated heterocycles. The Morgan fingerprint density at radius 3 is 2.84 bits per heavy atom. The normalized spacial score (nSPS) is 22.2. The Balaban J connectivity index is 1.55. The lowest BCUT2D eigenvalue weighted by molar-refractivity contribution is 0.101. The van der Waals surface area contributed by atoms with Gasteiger partial charge in [0.2, 0.25) is 0 Å². The fourth-order valence-corrected chi connectivity index (χ4v) is 5.08. The van der Waals surface area contributed by atoms with Crippen molar-refractivity contribution in [3.05, 3.63) is 35.6 Å². The maximum Gasteiger partial charge on any atom is 0.315 e. The number of furan rings is 1. The number of amides is 2. The third kappa shape index (κ3) is 3.96. The monoisotopic (exact) mass is 366 g/mol. The second kappa shape index (κ2) is 7.05. The first-order chi connectivity index (χ1) is 11.9. The molecular weight excluding hydrogens is 344 g/mol. The van der Waals surface area contributed by atoms with E-state index < -0.39 is 28.0 Å². The molecule has 136 valence electrons. The van der Waals surface area contributed by atoms with Gasteiger partial charge in [-0.2, -0.15) is 0 Å². The smallest absolute Gasteiger partial charge is 0.315 e. The standard InChI is InChI=1S/C17H22N2O5S/c1-11-12(13-5-3-4-6-15(13)24-11)7-8-18-17(20)19-14-9-25(21,22)10-16(14)23-2/h3-6,14,16H,7-10H2,1-2H3,(H2,18,19,20). The lowest BCUT2D eigenvalue weighted by Gasteiger charge is -2.18. The summed E-state index contributed by atoms with van der Waals surface area (Å²) in [5.41, 5.74) is 1.90. The Morgan fingerprint density at radius 2 is 2.08 bits per heavy atom. The van der Waals surface area contributed by atoms with Gasteiger partial charge in [0.05, 0.1) is 23.7 Å². The molecule has 1 aliphatic rings. The number of para-hydroxylation sites is 1. The second-order valence-electron chi connectivity index (χ2n) is 6.24. The number of hydrogen-bond acceptors (Lipinski definition) is 5. The Morgan fingerprint density at radius 1 is 1.32 bits per heavy atom. The minimum Gasteiger partial charge on any atom is -0.461 e. The second-order valence-corrected chi connectivity index (χ2v) is 8.39. The molecule has 1 fully saturated rings. The molecule has 0 saturated carbocycles. The highest BCUT2D eigenvalue weighted by Gasteiger charge is 2.38. The Hall–Kier alpha value is -2.06. The van der Waals surface area contributed by atoms with Gasteiger partial charge in [0.15, 0.2) is 9.84 Å². The zero-order valence-electron chi connectivity index (χ0n) is 14.2. The largest absolute Gasteiger partial charge is 0.461 e. The summed E-state index contributed by atoms with van der Waals surface area (Å²) in [6.45, 7) is 2.33. The zero-order valence-corrected chi connectivity index (χ0v) is 15.1. The Bertz CT molecular complexity index is 874. The van der Waals surface area contributed by atoms with Gasteiger partial charge in [0.1, 0.15) is 11.3 Å². The molecule has 7 nitrogen and oxygen atoms in total. The number of aryl methyl sites for hydroxylation is 1. The molecule has 3 rings (SSSR count). The predicted octanol–water partition coefficient (Wildman–Crippen LogP) is 1.39. The fourth-order valence-electron chi connectivity index (χ4n) is 3.23. The van der Waals surface area contributed by atoms with Crippen molar-refractivity contribution in [2.45, 2.75) is 25.5 Å². The van der Waals surface area contributed by atoms with Gasteiger partial charge in [0.25, 0.3) is 0 Å². The van der Waals surface area contributed by atoms with E-state index >= 15 is 0 Å². The number of sulfone groups is 1. The van der Waals surface area contributed by atoms with Crippen molar-refractivity contribution in [1.29, 1.82) is 0 Å². The first-order valence-electron chi connectivity index (χ1n) is 8.14. The van der Waals surface area contributed by atoms with Crippen LogP contribution in [-0.2, 0) is 21.0 Å². The molecule has 25 heavy (non-hydrogen) atoms. The van der Waals surface area contributed by atoms with Crippen LogP contribution in [-0.4, -0.2) is 51.8 Å². The number of methoxy groups -OCH3 is 1. The van der Waals surface area contributed by atoms with Crippen molar-refractivity contribution in [2.24, 2.45) is 0 Å². The van der Waals surface area contributed by atoms with E-state index in [2.05, 4.69) is 10.6 Å². The molecule has 2 heterocycles. The zero-order chi connectivity index (χ0) is 18.0. The fraction of sp³-hybridized carbons (Fsp3) is 0.471. The molecular formula is C17H22N2O5S. The maximum atomic E-state index is 12.1. The van der Waals surface area contributed by atoms with E-state index in [1.807, 2.05) is 31.2 Å². The van der Waals surface area contributed by atoms with E-state index in [0.29, 0.717) is 13.0 Å². The molecule has 8 heteroatoms. The predicted molar refractivity (Wildman–Crippen MR) is 94.4 cm³/mol. The first-order valence-corrected chi connectivity index (χ1v) is 9.96. The van der Waals surface area contributed by atoms with Gasteiger partial charge in [-0.3, -0.25) is 0 Å². The van der Waals surface area contributed by atoms with Crippen LogP contribution >= 0.6 is 0 Å². The Kier molecular flexibility index (Phi) is 5.01. The van der Waals surface area contributed by atoms with Crippen LogP contribution in [0.5, 0.6) is 0 Å². The van der Waals surface area contributed by atoms with E-state index in [-0.39, 0.29) is 11.5 Å². The summed E-state index contributed by atoms with van der Waals surface area (Å²) in [5, 5.41) is 6.50. The summed E-state index contributed by atoms with van der Waals surface area (Å²) < 4.78 is 34.2. The van der Waals surface area contributed by atoms with Crippen LogP contribution < -0.4 is 10.6 Å². The molecule has 0 bridgehead atoms. The average Bonchev–Trinajstić information content (AvgIpc) is 3.03. The maximum absolute atomic E-state index is 12.1. The van der Waals surface area contributed by atoms with Crippen molar-refractivity contribution in [3.8, 4) is 0 Å². The number of ether oxygens (including phenoxy) is 1. The van der Waals surface area contributed by atoms with Gasteiger partial charge in [-0.1, -0.05) is 18.2 Å². The van der Waals surface area contributed by atoms with Gasteiger partial charge in [-0.05, 0) is 19.4 Å².